The number of amides is 1. The molecule has 5 nitrogen and oxygen atoms in total. The van der Waals surface area contributed by atoms with E-state index in [-0.39, 0.29) is 12.0 Å². The first kappa shape index (κ1) is 10.2. The molecule has 18 heavy (non-hydrogen) atoms. The lowest BCUT2D eigenvalue weighted by Gasteiger charge is -2.10. The Kier molecular flexibility index (Phi) is 2.05. The molecule has 2 aliphatic heterocycles. The maximum Gasteiger partial charge on any atom is 0.272 e. The molecule has 4 rings (SSSR count). The second kappa shape index (κ2) is 3.62. The summed E-state index contributed by atoms with van der Waals surface area (Å²) in [7, 11) is 0. The number of hydrogen-bond donors (Lipinski definition) is 1. The second-order valence-corrected chi connectivity index (χ2v) is 4.98. The number of allylic oxidation sites excluding steroid dienone is 3. The van der Waals surface area contributed by atoms with Crippen LogP contribution in [0.25, 0.3) is 0 Å². The molecule has 4 aliphatic rings. The summed E-state index contributed by atoms with van der Waals surface area (Å²) >= 11 is 0. The monoisotopic (exact) mass is 243 g/mol. The van der Waals surface area contributed by atoms with Crippen LogP contribution in [-0.4, -0.2) is 36.6 Å². The fraction of sp³-hybridized carbons (Fsp3) is 0.462. The Balaban J connectivity index is 1.40. The molecule has 1 amide bonds. The van der Waals surface area contributed by atoms with E-state index in [0.717, 1.165) is 37.2 Å². The minimum absolute atomic E-state index is 0.141. The van der Waals surface area contributed by atoms with Gasteiger partial charge >= 0.3 is 0 Å². The van der Waals surface area contributed by atoms with Gasteiger partial charge in [0.25, 0.3) is 5.91 Å². The van der Waals surface area contributed by atoms with E-state index in [2.05, 4.69) is 15.5 Å². The molecule has 1 fully saturated rings. The highest BCUT2D eigenvalue weighted by Crippen LogP contribution is 2.43. The molecule has 0 aromatic rings. The molecule has 0 aromatic carbocycles. The van der Waals surface area contributed by atoms with Gasteiger partial charge in [0.15, 0.2) is 5.71 Å². The molecular weight excluding hydrogens is 230 g/mol. The zero-order chi connectivity index (χ0) is 12.1. The van der Waals surface area contributed by atoms with Crippen LogP contribution >= 0.6 is 0 Å². The van der Waals surface area contributed by atoms with Crippen LogP contribution in [0, 0.1) is 0 Å². The molecule has 2 heterocycles. The first-order chi connectivity index (χ1) is 8.83. The average molecular weight is 243 g/mol. The SMILES string of the molecule is O=C(NCC1CCCO1)C1=NN=C2C1=CC1=C2C1. The maximum atomic E-state index is 12.0. The second-order valence-electron chi connectivity index (χ2n) is 4.98. The van der Waals surface area contributed by atoms with Gasteiger partial charge in [0.1, 0.15) is 0 Å². The minimum Gasteiger partial charge on any atom is -0.376 e. The smallest absolute Gasteiger partial charge is 0.272 e. The summed E-state index contributed by atoms with van der Waals surface area (Å²) in [6.07, 6.45) is 5.31. The van der Waals surface area contributed by atoms with Crippen molar-refractivity contribution in [3.8, 4) is 0 Å². The number of nitrogens with one attached hydrogen (secondary N) is 1. The van der Waals surface area contributed by atoms with Crippen molar-refractivity contribution < 1.29 is 9.53 Å². The molecule has 0 radical (unpaired) electrons. The summed E-state index contributed by atoms with van der Waals surface area (Å²) in [6, 6.07) is 0. The summed E-state index contributed by atoms with van der Waals surface area (Å²) in [5.41, 5.74) is 4.83. The van der Waals surface area contributed by atoms with Gasteiger partial charge in [-0.15, -0.1) is 10.2 Å². The molecule has 1 N–H and O–H groups in total. The van der Waals surface area contributed by atoms with Crippen molar-refractivity contribution in [2.75, 3.05) is 13.2 Å². The van der Waals surface area contributed by atoms with Gasteiger partial charge in [0, 0.05) is 25.1 Å². The average Bonchev–Trinajstić information content (AvgIpc) is 2.81. The van der Waals surface area contributed by atoms with Gasteiger partial charge in [-0.3, -0.25) is 4.79 Å². The van der Waals surface area contributed by atoms with Crippen molar-refractivity contribution in [3.63, 3.8) is 0 Å². The Labute approximate surface area is 104 Å². The zero-order valence-electron chi connectivity index (χ0n) is 9.90. The van der Waals surface area contributed by atoms with Gasteiger partial charge < -0.3 is 10.1 Å². The summed E-state index contributed by atoms with van der Waals surface area (Å²) in [5.74, 6) is -0.141. The lowest BCUT2D eigenvalue weighted by Crippen LogP contribution is -2.37. The van der Waals surface area contributed by atoms with Gasteiger partial charge in [0.05, 0.1) is 11.8 Å². The van der Waals surface area contributed by atoms with Crippen LogP contribution in [0.3, 0.4) is 0 Å². The van der Waals surface area contributed by atoms with Crippen LogP contribution < -0.4 is 5.32 Å². The van der Waals surface area contributed by atoms with Gasteiger partial charge in [-0.1, -0.05) is 0 Å². The third kappa shape index (κ3) is 1.47. The molecule has 92 valence electrons. The number of hydrogen-bond acceptors (Lipinski definition) is 4. The number of ether oxygens (including phenoxy) is 1. The van der Waals surface area contributed by atoms with Crippen LogP contribution in [0.5, 0.6) is 0 Å². The first-order valence-electron chi connectivity index (χ1n) is 6.33. The van der Waals surface area contributed by atoms with E-state index in [1.807, 2.05) is 6.08 Å². The van der Waals surface area contributed by atoms with Gasteiger partial charge in [0.2, 0.25) is 0 Å². The largest absolute Gasteiger partial charge is 0.376 e. The third-order valence-corrected chi connectivity index (χ3v) is 3.72. The van der Waals surface area contributed by atoms with E-state index in [1.165, 1.54) is 11.1 Å². The number of carbonyl (C=O) groups excluding carboxylic acids is 1. The summed E-state index contributed by atoms with van der Waals surface area (Å²) in [6.45, 7) is 1.37. The van der Waals surface area contributed by atoms with E-state index in [0.29, 0.717) is 12.3 Å². The lowest BCUT2D eigenvalue weighted by molar-refractivity contribution is -0.115. The Hall–Kier alpha value is -1.75. The molecule has 0 bridgehead atoms. The molecule has 1 unspecified atom stereocenters. The van der Waals surface area contributed by atoms with Crippen molar-refractivity contribution >= 4 is 17.3 Å². The number of fused-ring (bicyclic) bond motifs is 2. The van der Waals surface area contributed by atoms with E-state index >= 15 is 0 Å². The molecule has 5 heteroatoms. The predicted molar refractivity (Wildman–Crippen MR) is 66.6 cm³/mol. The standard InChI is InChI=1S/C13H13N3O2/c17-13(14-6-8-2-1-3-18-8)12-10-5-7-4-9(7)11(10)15-16-12/h5,8H,1-4,6H2,(H,14,17). The molecule has 0 spiro atoms. The van der Waals surface area contributed by atoms with Crippen molar-refractivity contribution in [3.05, 3.63) is 22.8 Å². The van der Waals surface area contributed by atoms with E-state index in [4.69, 9.17) is 4.74 Å². The van der Waals surface area contributed by atoms with E-state index in [9.17, 15) is 4.79 Å². The number of carbonyl (C=O) groups is 1. The number of nitrogens with zero attached hydrogens (tertiary/aromatic N) is 2. The van der Waals surface area contributed by atoms with Gasteiger partial charge in [-0.05, 0) is 30.1 Å². The van der Waals surface area contributed by atoms with Crippen LogP contribution in [0.4, 0.5) is 0 Å². The molecule has 2 aliphatic carbocycles. The topological polar surface area (TPSA) is 63.0 Å². The Morgan fingerprint density at radius 1 is 1.50 bits per heavy atom. The van der Waals surface area contributed by atoms with Crippen LogP contribution in [0.2, 0.25) is 0 Å². The molecular formula is C13H13N3O2. The summed E-state index contributed by atoms with van der Waals surface area (Å²) in [4.78, 5) is 12.0. The van der Waals surface area contributed by atoms with E-state index < -0.39 is 0 Å². The highest BCUT2D eigenvalue weighted by Gasteiger charge is 2.39. The summed E-state index contributed by atoms with van der Waals surface area (Å²) in [5, 5.41) is 11.0. The van der Waals surface area contributed by atoms with Crippen molar-refractivity contribution in [1.82, 2.24) is 5.32 Å². The predicted octanol–water partition coefficient (Wildman–Crippen LogP) is 0.732. The van der Waals surface area contributed by atoms with Gasteiger partial charge in [-0.25, -0.2) is 0 Å². The fourth-order valence-corrected chi connectivity index (χ4v) is 2.64. The quantitative estimate of drug-likeness (QED) is 0.794. The van der Waals surface area contributed by atoms with Crippen molar-refractivity contribution in [2.45, 2.75) is 25.4 Å². The van der Waals surface area contributed by atoms with Crippen LogP contribution in [0.1, 0.15) is 19.3 Å². The Morgan fingerprint density at radius 3 is 3.28 bits per heavy atom. The van der Waals surface area contributed by atoms with Gasteiger partial charge in [-0.2, -0.15) is 0 Å². The molecule has 0 aromatic heterocycles. The zero-order valence-corrected chi connectivity index (χ0v) is 9.90. The number of rotatable bonds is 3. The summed E-state index contributed by atoms with van der Waals surface area (Å²) < 4.78 is 5.47. The highest BCUT2D eigenvalue weighted by atomic mass is 16.5. The highest BCUT2D eigenvalue weighted by molar-refractivity contribution is 6.56. The Morgan fingerprint density at radius 2 is 2.44 bits per heavy atom. The van der Waals surface area contributed by atoms with Crippen molar-refractivity contribution in [2.24, 2.45) is 10.2 Å². The molecule has 0 saturated carbocycles. The molecule has 1 saturated heterocycles. The van der Waals surface area contributed by atoms with E-state index in [1.54, 1.807) is 0 Å². The van der Waals surface area contributed by atoms with Crippen molar-refractivity contribution in [1.29, 1.82) is 0 Å². The fourth-order valence-electron chi connectivity index (χ4n) is 2.64. The first-order valence-corrected chi connectivity index (χ1v) is 6.33. The maximum absolute atomic E-state index is 12.0. The molecule has 1 atom stereocenters. The normalized spacial score (nSPS) is 27.6. The van der Waals surface area contributed by atoms with Crippen LogP contribution in [-0.2, 0) is 9.53 Å². The third-order valence-electron chi connectivity index (χ3n) is 3.72. The van der Waals surface area contributed by atoms with Crippen LogP contribution in [0.15, 0.2) is 33.0 Å². The Bertz CT molecular complexity index is 563. The lowest BCUT2D eigenvalue weighted by atomic mass is 10.0. The minimum atomic E-state index is -0.141.